The smallest absolute Gasteiger partial charge is 0.0753 e. The maximum atomic E-state index is 2.93. The maximum Gasteiger partial charge on any atom is 0.0799 e. The summed E-state index contributed by atoms with van der Waals surface area (Å²) in [6.45, 7) is 30.3. The van der Waals surface area contributed by atoms with E-state index in [9.17, 15) is 0 Å². The van der Waals surface area contributed by atoms with Crippen LogP contribution in [0.2, 0.25) is 0 Å². The van der Waals surface area contributed by atoms with Gasteiger partial charge in [-0.25, -0.2) is 0 Å². The lowest BCUT2D eigenvalue weighted by Gasteiger charge is -2.67. The van der Waals surface area contributed by atoms with Gasteiger partial charge in [0.25, 0.3) is 0 Å². The van der Waals surface area contributed by atoms with Crippen LogP contribution in [0.5, 0.6) is 0 Å². The van der Waals surface area contributed by atoms with Crippen molar-refractivity contribution in [1.82, 2.24) is 0 Å². The molecule has 1 aliphatic rings. The topological polar surface area (TPSA) is 0 Å². The lowest BCUT2D eigenvalue weighted by Crippen LogP contribution is -2.69. The van der Waals surface area contributed by atoms with Crippen LogP contribution in [-0.2, 0) is 19.7 Å². The molecule has 0 saturated heterocycles. The zero-order valence-electron chi connectivity index (χ0n) is 39.9. The third kappa shape index (κ3) is 7.46. The van der Waals surface area contributed by atoms with Gasteiger partial charge in [0.15, 0.2) is 0 Å². The van der Waals surface area contributed by atoms with Crippen molar-refractivity contribution in [3.8, 4) is 0 Å². The Kier molecular flexibility index (Phi) is 13.1. The lowest BCUT2D eigenvalue weighted by molar-refractivity contribution is 0.172. The van der Waals surface area contributed by atoms with Gasteiger partial charge in [-0.2, -0.15) is 0 Å². The van der Waals surface area contributed by atoms with Gasteiger partial charge in [0, 0.05) is 10.8 Å². The Morgan fingerprint density at radius 2 is 0.484 bits per heavy atom. The van der Waals surface area contributed by atoms with E-state index in [-0.39, 0.29) is 0 Å². The monoisotopic (exact) mass is 930 g/mol. The van der Waals surface area contributed by atoms with Crippen molar-refractivity contribution >= 4 is 22.6 Å². The minimum atomic E-state index is -0.718. The Labute approximate surface area is 389 Å². The second-order valence-electron chi connectivity index (χ2n) is 20.4. The first-order chi connectivity index (χ1) is 29.4. The summed E-state index contributed by atoms with van der Waals surface area (Å²) >= 11 is 2.93. The maximum absolute atomic E-state index is 2.93. The molecule has 0 bridgehead atoms. The number of alkyl halides is 1. The number of allylic oxidation sites excluding steroid dienone is 2. The van der Waals surface area contributed by atoms with Crippen molar-refractivity contribution in [2.75, 3.05) is 0 Å². The van der Waals surface area contributed by atoms with E-state index in [4.69, 9.17) is 0 Å². The molecule has 0 N–H and O–H groups in total. The van der Waals surface area contributed by atoms with E-state index in [1.807, 2.05) is 0 Å². The van der Waals surface area contributed by atoms with E-state index < -0.39 is 19.7 Å². The van der Waals surface area contributed by atoms with Gasteiger partial charge < -0.3 is 0 Å². The molecular formula is C61H71I. The van der Waals surface area contributed by atoms with Crippen LogP contribution in [0.4, 0.5) is 0 Å². The van der Waals surface area contributed by atoms with Crippen LogP contribution in [0.15, 0.2) is 158 Å². The average molecular weight is 931 g/mol. The third-order valence-corrected chi connectivity index (χ3v) is 16.5. The van der Waals surface area contributed by atoms with Crippen molar-refractivity contribution in [2.24, 2.45) is 0 Å². The standard InChI is InChI=1S/C61H71I/c1-40(2)46-14-26-52(27-15-46)58(13)38-39-59(62,53-28-16-47(17-29-53)41(3)4)61(56-34-22-50(23-35-56)44(9)10,57-36-24-51(25-37-57)45(11)12)60(58,54-30-18-48(19-31-54)42(5)6)55-32-20-49(21-33-55)43(7)8/h14-45H,1-13H3. The highest BCUT2D eigenvalue weighted by Gasteiger charge is 2.72. The van der Waals surface area contributed by atoms with Crippen LogP contribution in [0, 0.1) is 0 Å². The summed E-state index contributed by atoms with van der Waals surface area (Å²) in [5.41, 5.74) is 14.0. The van der Waals surface area contributed by atoms with E-state index >= 15 is 0 Å². The molecule has 62 heavy (non-hydrogen) atoms. The highest BCUT2D eigenvalue weighted by Crippen LogP contribution is 2.73. The summed E-state index contributed by atoms with van der Waals surface area (Å²) in [4.78, 5) is 0. The molecule has 322 valence electrons. The van der Waals surface area contributed by atoms with E-state index in [1.54, 1.807) is 0 Å². The summed E-state index contributed by atoms with van der Waals surface area (Å²) in [6, 6.07) is 58.7. The average Bonchev–Trinajstić information content (AvgIpc) is 3.27. The molecule has 0 aliphatic heterocycles. The Morgan fingerprint density at radius 1 is 0.274 bits per heavy atom. The van der Waals surface area contributed by atoms with Gasteiger partial charge in [0.05, 0.1) is 8.84 Å². The largest absolute Gasteiger partial charge is 0.0799 e. The molecule has 6 aromatic rings. The van der Waals surface area contributed by atoms with Crippen LogP contribution in [0.25, 0.3) is 0 Å². The van der Waals surface area contributed by atoms with E-state index in [1.165, 1.54) is 66.8 Å². The lowest BCUT2D eigenvalue weighted by atomic mass is 9.36. The first kappa shape index (κ1) is 45.8. The molecule has 0 nitrogen and oxygen atoms in total. The van der Waals surface area contributed by atoms with Gasteiger partial charge in [-0.05, 0) is 102 Å². The SMILES string of the molecule is CC(C)c1ccc(C2(C)C=CC(I)(c3ccc(C(C)C)cc3)C(c3ccc(C(C)C)cc3)(c3ccc(C(C)C)cc3)C2(c2ccc(C(C)C)cc2)c2ccc(C(C)C)cc2)cc1. The fraction of sp³-hybridized carbons (Fsp3) is 0.377. The molecule has 7 rings (SSSR count). The van der Waals surface area contributed by atoms with Gasteiger partial charge in [0.1, 0.15) is 0 Å². The normalized spacial score (nSPS) is 19.7. The molecule has 0 saturated carbocycles. The van der Waals surface area contributed by atoms with Crippen molar-refractivity contribution < 1.29 is 0 Å². The van der Waals surface area contributed by atoms with E-state index in [0.29, 0.717) is 35.5 Å². The summed E-state index contributed by atoms with van der Waals surface area (Å²) in [5.74, 6) is 2.50. The number of halogens is 1. The first-order valence-electron chi connectivity index (χ1n) is 23.4. The van der Waals surface area contributed by atoms with E-state index in [0.717, 1.165) is 0 Å². The Bertz CT molecular complexity index is 2160. The molecule has 0 spiro atoms. The first-order valence-corrected chi connectivity index (χ1v) is 24.5. The zero-order valence-corrected chi connectivity index (χ0v) is 42.0. The summed E-state index contributed by atoms with van der Waals surface area (Å²) in [7, 11) is 0. The Morgan fingerprint density at radius 3 is 0.726 bits per heavy atom. The Hall–Kier alpha value is -4.21. The highest BCUT2D eigenvalue weighted by atomic mass is 127. The molecule has 0 aromatic heterocycles. The minimum absolute atomic E-state index is 0.408. The van der Waals surface area contributed by atoms with Gasteiger partial charge >= 0.3 is 0 Å². The molecule has 1 heteroatoms. The van der Waals surface area contributed by atoms with Crippen LogP contribution in [-0.4, -0.2) is 0 Å². The highest BCUT2D eigenvalue weighted by molar-refractivity contribution is 14.1. The van der Waals surface area contributed by atoms with Crippen LogP contribution in [0.3, 0.4) is 0 Å². The van der Waals surface area contributed by atoms with Crippen LogP contribution in [0.1, 0.15) is 192 Å². The van der Waals surface area contributed by atoms with Crippen LogP contribution < -0.4 is 0 Å². The van der Waals surface area contributed by atoms with Crippen molar-refractivity contribution in [3.05, 3.63) is 225 Å². The fourth-order valence-corrected chi connectivity index (χ4v) is 12.4. The summed E-state index contributed by atoms with van der Waals surface area (Å²) in [5, 5.41) is 0. The quantitative estimate of drug-likeness (QED) is 0.0652. The van der Waals surface area contributed by atoms with Gasteiger partial charge in [0.2, 0.25) is 0 Å². The fourth-order valence-electron chi connectivity index (χ4n) is 10.8. The van der Waals surface area contributed by atoms with Crippen molar-refractivity contribution in [2.45, 2.75) is 145 Å². The number of rotatable bonds is 12. The van der Waals surface area contributed by atoms with Crippen LogP contribution >= 0.6 is 22.6 Å². The minimum Gasteiger partial charge on any atom is -0.0753 e. The molecule has 6 aromatic carbocycles. The Balaban J connectivity index is 1.81. The van der Waals surface area contributed by atoms with E-state index in [2.05, 4.69) is 270 Å². The summed E-state index contributed by atoms with van der Waals surface area (Å²) < 4.78 is -0.580. The predicted octanol–water partition coefficient (Wildman–Crippen LogP) is 17.6. The molecule has 2 unspecified atom stereocenters. The summed E-state index contributed by atoms with van der Waals surface area (Å²) in [6.07, 6.45) is 5.24. The molecule has 0 amide bonds. The van der Waals surface area contributed by atoms with Gasteiger partial charge in [-0.3, -0.25) is 0 Å². The van der Waals surface area contributed by atoms with Gasteiger partial charge in [-0.15, -0.1) is 0 Å². The molecule has 0 heterocycles. The zero-order chi connectivity index (χ0) is 44.8. The second-order valence-corrected chi connectivity index (χ2v) is 22.1. The second kappa shape index (κ2) is 17.8. The number of hydrogen-bond acceptors (Lipinski definition) is 0. The molecule has 0 radical (unpaired) electrons. The molecule has 1 aliphatic carbocycles. The molecule has 0 fully saturated rings. The number of benzene rings is 6. The van der Waals surface area contributed by atoms with Gasteiger partial charge in [-0.1, -0.05) is 270 Å². The molecular weight excluding hydrogens is 860 g/mol. The predicted molar refractivity (Wildman–Crippen MR) is 277 cm³/mol. The third-order valence-electron chi connectivity index (χ3n) is 14.7. The number of hydrogen-bond donors (Lipinski definition) is 0. The van der Waals surface area contributed by atoms with Crippen molar-refractivity contribution in [1.29, 1.82) is 0 Å². The van der Waals surface area contributed by atoms with Crippen molar-refractivity contribution in [3.63, 3.8) is 0 Å². The molecule has 2 atom stereocenters.